The van der Waals surface area contributed by atoms with Crippen LogP contribution in [0, 0.1) is 0 Å². The van der Waals surface area contributed by atoms with Crippen LogP contribution in [0.5, 0.6) is 172 Å². The molecule has 0 spiro atoms. The molecule has 0 fully saturated rings. The summed E-state index contributed by atoms with van der Waals surface area (Å²) in [6.45, 7) is 16.7. The van der Waals surface area contributed by atoms with Crippen molar-refractivity contribution in [2.24, 2.45) is 0 Å². The summed E-state index contributed by atoms with van der Waals surface area (Å²) in [5.41, 5.74) is -3.75. The van der Waals surface area contributed by atoms with Gasteiger partial charge in [-0.2, -0.15) is 0 Å². The fourth-order valence-corrected chi connectivity index (χ4v) is 11.6. The van der Waals surface area contributed by atoms with E-state index < -0.39 is 314 Å². The summed E-state index contributed by atoms with van der Waals surface area (Å²) in [5.74, 6) is -52.5. The van der Waals surface area contributed by atoms with Crippen LogP contribution in [0.3, 0.4) is 0 Å². The molecule has 0 atom stereocenters. The standard InChI is InChI=1S/C88H74O45/c1-35(89)109-55-21-61(114-40(6)94)77(62(22-55)115-41(7)95)79-65(130-83-69(120-46(12)100)25-57(111-37(3)91)26-70(83)121-47(13)101)33-75(124-50(16)104)85(87(79)127-53(19)107)132-73-29-59(113-39(5)93)30-74(82(73)129-60-31-67(118-44(10)98)81(126-52(18)106)68(32-60)119-45(11)99)133-86-76(125-51(17)105)34-66(131-84-71(122-48(14)102)27-58(112-38(4)92)28-72(84)123-49(15)103)80(88(86)128-54(20)108)78-63(116-42(8)96)23-56(110-36(2)90)24-64(78)117-43(9)97/h21-34H,1-20H3. The van der Waals surface area contributed by atoms with Crippen LogP contribution < -0.4 is 118 Å². The molecule has 0 N–H and O–H groups in total. The molecule has 0 unspecified atom stereocenters. The molecule has 0 saturated carbocycles. The summed E-state index contributed by atoms with van der Waals surface area (Å²) in [5, 5.41) is 0. The van der Waals surface area contributed by atoms with E-state index in [0.717, 1.165) is 185 Å². The number of carbonyl (C=O) groups excluding carboxylic acids is 20. The Hall–Kier alpha value is -17.8. The summed E-state index contributed by atoms with van der Waals surface area (Å²) in [6, 6.07) is 10.8. The van der Waals surface area contributed by atoms with Crippen LogP contribution >= 0.6 is 0 Å². The second-order valence-electron chi connectivity index (χ2n) is 26.8. The summed E-state index contributed by atoms with van der Waals surface area (Å²) in [4.78, 5) is 268. The number of ether oxygens (including phenoxy) is 25. The van der Waals surface area contributed by atoms with Gasteiger partial charge in [-0.1, -0.05) is 0 Å². The predicted octanol–water partition coefficient (Wildman–Crippen LogP) is 12.5. The maximum Gasteiger partial charge on any atom is 0.308 e. The Labute approximate surface area is 748 Å². The zero-order valence-corrected chi connectivity index (χ0v) is 73.5. The van der Waals surface area contributed by atoms with Gasteiger partial charge < -0.3 is 118 Å². The Balaban J connectivity index is 1.76. The second kappa shape index (κ2) is 43.6. The number of hydrogen-bond acceptors (Lipinski definition) is 45. The van der Waals surface area contributed by atoms with Gasteiger partial charge in [0.05, 0.1) is 22.3 Å². The molecule has 45 nitrogen and oxygen atoms in total. The maximum atomic E-state index is 14.5. The van der Waals surface area contributed by atoms with Crippen molar-refractivity contribution in [2.45, 2.75) is 138 Å². The molecule has 0 amide bonds. The van der Waals surface area contributed by atoms with Gasteiger partial charge in [0, 0.05) is 223 Å². The van der Waals surface area contributed by atoms with Crippen LogP contribution in [0.15, 0.2) is 84.9 Å². The van der Waals surface area contributed by atoms with Crippen molar-refractivity contribution < 1.29 is 214 Å². The molecule has 45 heteroatoms. The lowest BCUT2D eigenvalue weighted by Crippen LogP contribution is -2.13. The minimum atomic E-state index is -1.47. The van der Waals surface area contributed by atoms with Gasteiger partial charge in [-0.05, 0) is 0 Å². The van der Waals surface area contributed by atoms with Crippen LogP contribution in [-0.2, 0) is 95.9 Å². The lowest BCUT2D eigenvalue weighted by molar-refractivity contribution is -0.135. The molecule has 0 aliphatic heterocycles. The quantitative estimate of drug-likeness (QED) is 0.0279. The Morgan fingerprint density at radius 2 is 0.271 bits per heavy atom. The Bertz CT molecular complexity index is 5760. The highest BCUT2D eigenvalue weighted by molar-refractivity contribution is 5.98. The highest BCUT2D eigenvalue weighted by Gasteiger charge is 2.40. The molecule has 0 radical (unpaired) electrons. The van der Waals surface area contributed by atoms with Crippen molar-refractivity contribution in [1.29, 1.82) is 0 Å². The molecular weight excluding hydrogens is 1780 g/mol. The normalized spacial score (nSPS) is 10.4. The van der Waals surface area contributed by atoms with E-state index in [1.54, 1.807) is 0 Å². The Morgan fingerprint density at radius 3 is 0.481 bits per heavy atom. The number of esters is 20. The lowest BCUT2D eigenvalue weighted by atomic mass is 9.99. The first-order chi connectivity index (χ1) is 62.3. The van der Waals surface area contributed by atoms with Crippen LogP contribution in [0.4, 0.5) is 0 Å². The van der Waals surface area contributed by atoms with E-state index in [9.17, 15) is 95.9 Å². The molecule has 696 valence electrons. The molecule has 8 aromatic rings. The average molecular weight is 1850 g/mol. The van der Waals surface area contributed by atoms with Crippen molar-refractivity contribution in [3.8, 4) is 195 Å². The first-order valence-electron chi connectivity index (χ1n) is 37.9. The van der Waals surface area contributed by atoms with Gasteiger partial charge in [-0.25, -0.2) is 0 Å². The average Bonchev–Trinajstić information content (AvgIpc) is 0.742. The van der Waals surface area contributed by atoms with E-state index in [1.807, 2.05) is 0 Å². The minimum absolute atomic E-state index is 0.519. The third-order valence-electron chi connectivity index (χ3n) is 15.0. The first-order valence-corrected chi connectivity index (χ1v) is 37.9. The van der Waals surface area contributed by atoms with Gasteiger partial charge in [-0.3, -0.25) is 95.9 Å². The number of rotatable bonds is 32. The van der Waals surface area contributed by atoms with Gasteiger partial charge in [0.2, 0.25) is 34.5 Å². The van der Waals surface area contributed by atoms with Crippen LogP contribution in [-0.4, -0.2) is 119 Å². The summed E-state index contributed by atoms with van der Waals surface area (Å²) in [6.07, 6.45) is 0. The molecule has 0 heterocycles. The highest BCUT2D eigenvalue weighted by Crippen LogP contribution is 2.64. The van der Waals surface area contributed by atoms with Crippen LogP contribution in [0.2, 0.25) is 0 Å². The van der Waals surface area contributed by atoms with Crippen molar-refractivity contribution in [1.82, 2.24) is 0 Å². The van der Waals surface area contributed by atoms with E-state index in [1.165, 1.54) is 0 Å². The number of benzene rings is 8. The zero-order chi connectivity index (χ0) is 98.8. The summed E-state index contributed by atoms with van der Waals surface area (Å²) >= 11 is 0. The van der Waals surface area contributed by atoms with E-state index in [2.05, 4.69) is 0 Å². The van der Waals surface area contributed by atoms with Crippen molar-refractivity contribution >= 4 is 119 Å². The third kappa shape index (κ3) is 28.1. The molecule has 0 bridgehead atoms. The molecule has 0 aromatic heterocycles. The molecule has 8 rings (SSSR count). The maximum absolute atomic E-state index is 14.5. The van der Waals surface area contributed by atoms with E-state index in [4.69, 9.17) is 118 Å². The molecular formula is C88H74O45. The van der Waals surface area contributed by atoms with E-state index >= 15 is 0 Å². The zero-order valence-electron chi connectivity index (χ0n) is 73.5. The SMILES string of the molecule is CC(=O)Oc1cc(Oc2c(OC(C)=O)cc(Oc3c(OC(C)=O)cc(OC(C)=O)cc3OC(C)=O)c(-c3c(OC(C)=O)cc(OC(C)=O)cc3OC(C)=O)c2OC(C)=O)c(Oc2cc(OC(C)=O)c(OC(C)=O)c(OC(C)=O)c2)c(Oc2c(OC(C)=O)cc(Oc3c(OC(C)=O)cc(OC(C)=O)cc3OC(C)=O)c(-c3c(OC(C)=O)cc(OC(C)=O)cc3OC(C)=O)c2OC(C)=O)c1. The fourth-order valence-electron chi connectivity index (χ4n) is 11.6. The smallest absolute Gasteiger partial charge is 0.308 e. The summed E-state index contributed by atoms with van der Waals surface area (Å²) in [7, 11) is 0. The third-order valence-corrected chi connectivity index (χ3v) is 15.0. The topological polar surface area (TPSA) is 572 Å². The van der Waals surface area contributed by atoms with Crippen molar-refractivity contribution in [3.63, 3.8) is 0 Å². The lowest BCUT2D eigenvalue weighted by Gasteiger charge is -2.26. The second-order valence-corrected chi connectivity index (χ2v) is 26.8. The molecule has 133 heavy (non-hydrogen) atoms. The van der Waals surface area contributed by atoms with Crippen LogP contribution in [0.25, 0.3) is 22.3 Å². The van der Waals surface area contributed by atoms with Gasteiger partial charge >= 0.3 is 119 Å². The largest absolute Gasteiger partial charge is 0.449 e. The monoisotopic (exact) mass is 1850 g/mol. The number of carbonyl (C=O) groups is 20. The molecule has 0 saturated heterocycles. The van der Waals surface area contributed by atoms with Gasteiger partial charge in [0.25, 0.3) is 0 Å². The number of hydrogen-bond donors (Lipinski definition) is 0. The molecule has 0 aliphatic carbocycles. The minimum Gasteiger partial charge on any atom is -0.449 e. The highest BCUT2D eigenvalue weighted by atomic mass is 16.7. The molecule has 0 aliphatic rings. The van der Waals surface area contributed by atoms with E-state index in [-0.39, 0.29) is 0 Å². The van der Waals surface area contributed by atoms with Crippen LogP contribution in [0.1, 0.15) is 138 Å². The van der Waals surface area contributed by atoms with Gasteiger partial charge in [0.1, 0.15) is 69.0 Å². The Kier molecular flexibility index (Phi) is 33.0. The van der Waals surface area contributed by atoms with Gasteiger partial charge in [0.15, 0.2) is 69.0 Å². The van der Waals surface area contributed by atoms with Crippen molar-refractivity contribution in [2.75, 3.05) is 0 Å². The molecule has 8 aromatic carbocycles. The first kappa shape index (κ1) is 101. The predicted molar refractivity (Wildman–Crippen MR) is 436 cm³/mol. The fraction of sp³-hybridized carbons (Fsp3) is 0.227. The van der Waals surface area contributed by atoms with Crippen molar-refractivity contribution in [3.05, 3.63) is 84.9 Å². The Morgan fingerprint density at radius 1 is 0.120 bits per heavy atom. The summed E-state index contributed by atoms with van der Waals surface area (Å²) < 4.78 is 146. The van der Waals surface area contributed by atoms with Gasteiger partial charge in [-0.15, -0.1) is 0 Å². The van der Waals surface area contributed by atoms with E-state index in [0.29, 0.717) is 38.1 Å².